The number of nitrogens with zero attached hydrogens (tertiary/aromatic N) is 2. The summed E-state index contributed by atoms with van der Waals surface area (Å²) in [5, 5.41) is 7.22. The van der Waals surface area contributed by atoms with Gasteiger partial charge >= 0.3 is 0 Å². The minimum Gasteiger partial charge on any atom is -0.497 e. The van der Waals surface area contributed by atoms with Gasteiger partial charge in [-0.1, -0.05) is 11.8 Å². The number of ketones is 1. The summed E-state index contributed by atoms with van der Waals surface area (Å²) in [7, 11) is 3.04. The molecule has 0 amide bonds. The molecule has 2 aromatic carbocycles. The van der Waals surface area contributed by atoms with Crippen molar-refractivity contribution >= 4 is 17.5 Å². The van der Waals surface area contributed by atoms with Gasteiger partial charge in [-0.15, -0.1) is 10.2 Å². The minimum absolute atomic E-state index is 0.120. The third kappa shape index (κ3) is 4.30. The Hall–Kier alpha value is -2.94. The molecular formula is C19H16F2N2O4S. The maximum absolute atomic E-state index is 13.8. The van der Waals surface area contributed by atoms with Crippen LogP contribution in [0.3, 0.4) is 0 Å². The summed E-state index contributed by atoms with van der Waals surface area (Å²) in [5.74, 6) is -0.748. The van der Waals surface area contributed by atoms with Crippen molar-refractivity contribution in [2.45, 2.75) is 17.4 Å². The fraction of sp³-hybridized carbons (Fsp3) is 0.211. The molecule has 0 saturated carbocycles. The van der Waals surface area contributed by atoms with E-state index >= 15 is 0 Å². The molecule has 146 valence electrons. The van der Waals surface area contributed by atoms with Crippen LogP contribution in [0.15, 0.2) is 46.0 Å². The fourth-order valence-electron chi connectivity index (χ4n) is 2.42. The molecule has 0 fully saturated rings. The van der Waals surface area contributed by atoms with E-state index in [1.54, 1.807) is 25.1 Å². The zero-order valence-electron chi connectivity index (χ0n) is 15.2. The Morgan fingerprint density at radius 3 is 2.39 bits per heavy atom. The third-order valence-corrected chi connectivity index (χ3v) is 4.78. The topological polar surface area (TPSA) is 74.5 Å². The quantitative estimate of drug-likeness (QED) is 0.425. The molecule has 0 N–H and O–H groups in total. The first-order valence-corrected chi connectivity index (χ1v) is 9.02. The Morgan fingerprint density at radius 1 is 1.07 bits per heavy atom. The van der Waals surface area contributed by atoms with Gasteiger partial charge in [-0.2, -0.15) is 0 Å². The van der Waals surface area contributed by atoms with Crippen molar-refractivity contribution in [1.82, 2.24) is 10.2 Å². The molecule has 9 heteroatoms. The molecule has 6 nitrogen and oxygen atoms in total. The maximum Gasteiger partial charge on any atom is 0.277 e. The second kappa shape index (κ2) is 8.39. The van der Waals surface area contributed by atoms with Gasteiger partial charge in [-0.05, 0) is 37.3 Å². The van der Waals surface area contributed by atoms with E-state index in [1.165, 1.54) is 14.2 Å². The Labute approximate surface area is 163 Å². The van der Waals surface area contributed by atoms with E-state index in [-0.39, 0.29) is 16.7 Å². The summed E-state index contributed by atoms with van der Waals surface area (Å²) in [4.78, 5) is 12.4. The van der Waals surface area contributed by atoms with Crippen molar-refractivity contribution in [2.24, 2.45) is 0 Å². The minimum atomic E-state index is -0.784. The highest BCUT2D eigenvalue weighted by atomic mass is 32.2. The van der Waals surface area contributed by atoms with Crippen molar-refractivity contribution in [2.75, 3.05) is 14.2 Å². The maximum atomic E-state index is 13.8. The van der Waals surface area contributed by atoms with E-state index in [4.69, 9.17) is 13.9 Å². The molecule has 1 heterocycles. The van der Waals surface area contributed by atoms with Crippen LogP contribution in [0.5, 0.6) is 11.5 Å². The number of hydrogen-bond donors (Lipinski definition) is 0. The van der Waals surface area contributed by atoms with Crippen molar-refractivity contribution in [3.8, 4) is 23.0 Å². The van der Waals surface area contributed by atoms with Crippen molar-refractivity contribution in [1.29, 1.82) is 0 Å². The zero-order valence-corrected chi connectivity index (χ0v) is 16.0. The predicted octanol–water partition coefficient (Wildman–Crippen LogP) is 4.40. The van der Waals surface area contributed by atoms with Gasteiger partial charge in [0, 0.05) is 11.6 Å². The first-order chi connectivity index (χ1) is 13.4. The lowest BCUT2D eigenvalue weighted by atomic mass is 10.1. The van der Waals surface area contributed by atoms with Gasteiger partial charge in [0.2, 0.25) is 5.89 Å². The molecule has 0 saturated heterocycles. The summed E-state index contributed by atoms with van der Waals surface area (Å²) >= 11 is 0.955. The first kappa shape index (κ1) is 19.8. The number of carbonyl (C=O) groups excluding carboxylic acids is 1. The Kier molecular flexibility index (Phi) is 5.93. The lowest BCUT2D eigenvalue weighted by molar-refractivity contribution is 0.0989. The number of hydrogen-bond acceptors (Lipinski definition) is 7. The molecule has 3 rings (SSSR count). The summed E-state index contributed by atoms with van der Waals surface area (Å²) in [6, 6.07) is 7.83. The smallest absolute Gasteiger partial charge is 0.277 e. The second-order valence-electron chi connectivity index (χ2n) is 5.72. The number of aromatic nitrogens is 2. The third-order valence-electron chi connectivity index (χ3n) is 3.85. The van der Waals surface area contributed by atoms with Crippen molar-refractivity contribution in [3.63, 3.8) is 0 Å². The molecule has 3 aromatic rings. The molecule has 1 atom stereocenters. The highest BCUT2D eigenvalue weighted by Gasteiger charge is 2.23. The number of carbonyl (C=O) groups is 1. The summed E-state index contributed by atoms with van der Waals surface area (Å²) < 4.78 is 43.1. The van der Waals surface area contributed by atoms with Gasteiger partial charge in [0.25, 0.3) is 5.22 Å². The van der Waals surface area contributed by atoms with Gasteiger partial charge in [0.05, 0.1) is 25.0 Å². The van der Waals surface area contributed by atoms with Crippen LogP contribution < -0.4 is 9.47 Å². The van der Waals surface area contributed by atoms with E-state index in [9.17, 15) is 13.6 Å². The molecule has 0 bridgehead atoms. The van der Waals surface area contributed by atoms with Gasteiger partial charge in [-0.3, -0.25) is 4.79 Å². The van der Waals surface area contributed by atoms with Gasteiger partial charge in [0.15, 0.2) is 5.78 Å². The first-order valence-electron chi connectivity index (χ1n) is 8.14. The standard InChI is InChI=1S/C19H16F2N2O4S/c1-10(17(24)15-8-12(20)4-5-16(15)21)28-19-23-22-18(27-19)11-6-13(25-2)9-14(7-11)26-3/h4-10H,1-3H3. The number of rotatable bonds is 7. The molecule has 0 radical (unpaired) electrons. The predicted molar refractivity (Wildman–Crippen MR) is 98.8 cm³/mol. The van der Waals surface area contributed by atoms with Crippen LogP contribution in [-0.4, -0.2) is 35.5 Å². The molecule has 28 heavy (non-hydrogen) atoms. The highest BCUT2D eigenvalue weighted by molar-refractivity contribution is 8.00. The highest BCUT2D eigenvalue weighted by Crippen LogP contribution is 2.32. The van der Waals surface area contributed by atoms with Gasteiger partial charge in [-0.25, -0.2) is 8.78 Å². The Balaban J connectivity index is 1.79. The average molecular weight is 406 g/mol. The number of Topliss-reactive ketones (excluding diaryl/α,β-unsaturated/α-hetero) is 1. The molecule has 1 aromatic heterocycles. The SMILES string of the molecule is COc1cc(OC)cc(-c2nnc(SC(C)C(=O)c3cc(F)ccc3F)o2)c1. The van der Waals surface area contributed by atoms with Crippen LogP contribution in [0.4, 0.5) is 8.78 Å². The Bertz CT molecular complexity index is 987. The summed E-state index contributed by atoms with van der Waals surface area (Å²) in [5.41, 5.74) is 0.253. The van der Waals surface area contributed by atoms with Gasteiger partial charge in [0.1, 0.15) is 23.1 Å². The lowest BCUT2D eigenvalue weighted by Crippen LogP contribution is -2.15. The number of thioether (sulfide) groups is 1. The van der Waals surface area contributed by atoms with Crippen LogP contribution in [0.1, 0.15) is 17.3 Å². The number of methoxy groups -OCH3 is 2. The number of benzene rings is 2. The molecule has 1 unspecified atom stereocenters. The average Bonchev–Trinajstić information content (AvgIpc) is 3.17. The lowest BCUT2D eigenvalue weighted by Gasteiger charge is -2.08. The largest absolute Gasteiger partial charge is 0.497 e. The fourth-order valence-corrected chi connectivity index (χ4v) is 3.17. The van der Waals surface area contributed by atoms with E-state index in [0.29, 0.717) is 17.1 Å². The van der Waals surface area contributed by atoms with Crippen LogP contribution in [0, 0.1) is 11.6 Å². The van der Waals surface area contributed by atoms with Crippen LogP contribution in [0.25, 0.3) is 11.5 Å². The summed E-state index contributed by atoms with van der Waals surface area (Å²) in [6.07, 6.45) is 0. The van der Waals surface area contributed by atoms with Crippen LogP contribution in [-0.2, 0) is 0 Å². The van der Waals surface area contributed by atoms with Gasteiger partial charge < -0.3 is 13.9 Å². The van der Waals surface area contributed by atoms with E-state index in [2.05, 4.69) is 10.2 Å². The van der Waals surface area contributed by atoms with E-state index < -0.39 is 22.7 Å². The molecule has 0 aliphatic rings. The number of ether oxygens (including phenoxy) is 2. The second-order valence-corrected chi connectivity index (χ2v) is 7.02. The zero-order chi connectivity index (χ0) is 20.3. The molecule has 0 aliphatic carbocycles. The van der Waals surface area contributed by atoms with Crippen molar-refractivity contribution in [3.05, 3.63) is 53.6 Å². The summed E-state index contributed by atoms with van der Waals surface area (Å²) in [6.45, 7) is 1.55. The van der Waals surface area contributed by atoms with Crippen LogP contribution in [0.2, 0.25) is 0 Å². The normalized spacial score (nSPS) is 11.9. The Morgan fingerprint density at radius 2 is 1.75 bits per heavy atom. The van der Waals surface area contributed by atoms with Crippen molar-refractivity contribution < 1.29 is 27.5 Å². The van der Waals surface area contributed by atoms with E-state index in [1.807, 2.05) is 0 Å². The number of halogens is 2. The molecule has 0 spiro atoms. The van der Waals surface area contributed by atoms with Crippen LogP contribution >= 0.6 is 11.8 Å². The molecule has 0 aliphatic heterocycles. The molecular weight excluding hydrogens is 390 g/mol. The monoisotopic (exact) mass is 406 g/mol. The van der Waals surface area contributed by atoms with E-state index in [0.717, 1.165) is 30.0 Å².